The monoisotopic (exact) mass is 338 g/mol. The number of nitrogens with zero attached hydrogens (tertiary/aromatic N) is 1. The summed E-state index contributed by atoms with van der Waals surface area (Å²) in [5, 5.41) is 13.2. The molecule has 1 amide bonds. The second kappa shape index (κ2) is 6.84. The van der Waals surface area contributed by atoms with Gasteiger partial charge < -0.3 is 10.4 Å². The number of aryl methyl sites for hydroxylation is 2. The van der Waals surface area contributed by atoms with Gasteiger partial charge in [0.2, 0.25) is 5.91 Å². The summed E-state index contributed by atoms with van der Waals surface area (Å²) in [6.45, 7) is 3.98. The van der Waals surface area contributed by atoms with Gasteiger partial charge in [-0.1, -0.05) is 35.9 Å². The molecule has 5 heteroatoms. The number of phenols is 1. The van der Waals surface area contributed by atoms with Crippen molar-refractivity contribution in [2.45, 2.75) is 20.3 Å². The van der Waals surface area contributed by atoms with Gasteiger partial charge in [-0.25, -0.2) is 4.98 Å². The van der Waals surface area contributed by atoms with Crippen LogP contribution in [0.25, 0.3) is 11.3 Å². The predicted octanol–water partition coefficient (Wildman–Crippen LogP) is 4.31. The number of thiazole rings is 1. The molecule has 0 fully saturated rings. The minimum atomic E-state index is -0.127. The van der Waals surface area contributed by atoms with E-state index < -0.39 is 0 Å². The predicted molar refractivity (Wildman–Crippen MR) is 97.5 cm³/mol. The fraction of sp³-hybridized carbons (Fsp3) is 0.158. The normalized spacial score (nSPS) is 10.6. The summed E-state index contributed by atoms with van der Waals surface area (Å²) in [4.78, 5) is 17.8. The SMILES string of the molecule is Cc1ccc(-c2nc(C)sc2CC(=O)Nc2cccc(O)c2)cc1. The number of rotatable bonds is 4. The van der Waals surface area contributed by atoms with E-state index in [1.807, 2.05) is 38.1 Å². The summed E-state index contributed by atoms with van der Waals surface area (Å²) in [6, 6.07) is 14.7. The highest BCUT2D eigenvalue weighted by atomic mass is 32.1. The van der Waals surface area contributed by atoms with Gasteiger partial charge in [-0.15, -0.1) is 11.3 Å². The van der Waals surface area contributed by atoms with Crippen LogP contribution in [0.5, 0.6) is 5.75 Å². The van der Waals surface area contributed by atoms with Gasteiger partial charge in [-0.2, -0.15) is 0 Å². The lowest BCUT2D eigenvalue weighted by Gasteiger charge is -2.06. The molecular weight excluding hydrogens is 320 g/mol. The third-order valence-electron chi connectivity index (χ3n) is 3.58. The first kappa shape index (κ1) is 16.2. The smallest absolute Gasteiger partial charge is 0.229 e. The summed E-state index contributed by atoms with van der Waals surface area (Å²) in [5.41, 5.74) is 3.65. The Bertz CT molecular complexity index is 869. The highest BCUT2D eigenvalue weighted by Gasteiger charge is 2.15. The molecule has 0 aliphatic rings. The van der Waals surface area contributed by atoms with E-state index >= 15 is 0 Å². The third-order valence-corrected chi connectivity index (χ3v) is 4.55. The molecule has 0 saturated heterocycles. The van der Waals surface area contributed by atoms with E-state index in [2.05, 4.69) is 10.3 Å². The molecule has 1 aromatic heterocycles. The zero-order chi connectivity index (χ0) is 17.1. The maximum Gasteiger partial charge on any atom is 0.229 e. The lowest BCUT2D eigenvalue weighted by atomic mass is 10.1. The average molecular weight is 338 g/mol. The van der Waals surface area contributed by atoms with Crippen molar-refractivity contribution in [3.8, 4) is 17.0 Å². The quantitative estimate of drug-likeness (QED) is 0.745. The number of aromatic nitrogens is 1. The summed E-state index contributed by atoms with van der Waals surface area (Å²) in [5.74, 6) is -0.000564. The molecule has 24 heavy (non-hydrogen) atoms. The molecule has 3 aromatic rings. The molecule has 0 aliphatic heterocycles. The molecule has 0 saturated carbocycles. The van der Waals surface area contributed by atoms with Crippen LogP contribution in [0.3, 0.4) is 0 Å². The Hall–Kier alpha value is -2.66. The number of nitrogens with one attached hydrogen (secondary N) is 1. The lowest BCUT2D eigenvalue weighted by molar-refractivity contribution is -0.115. The van der Waals surface area contributed by atoms with E-state index in [0.29, 0.717) is 5.69 Å². The number of carbonyl (C=O) groups excluding carboxylic acids is 1. The summed E-state index contributed by atoms with van der Waals surface area (Å²) in [6.07, 6.45) is 0.254. The van der Waals surface area contributed by atoms with Crippen LogP contribution in [0.1, 0.15) is 15.4 Å². The van der Waals surface area contributed by atoms with Crippen molar-refractivity contribution in [3.63, 3.8) is 0 Å². The van der Waals surface area contributed by atoms with Crippen molar-refractivity contribution in [1.29, 1.82) is 0 Å². The summed E-state index contributed by atoms with van der Waals surface area (Å²) < 4.78 is 0. The maximum absolute atomic E-state index is 12.3. The molecule has 1 heterocycles. The number of aromatic hydroxyl groups is 1. The zero-order valence-corrected chi connectivity index (χ0v) is 14.4. The van der Waals surface area contributed by atoms with Crippen LogP contribution in [0.4, 0.5) is 5.69 Å². The van der Waals surface area contributed by atoms with Crippen molar-refractivity contribution >= 4 is 22.9 Å². The topological polar surface area (TPSA) is 62.2 Å². The third kappa shape index (κ3) is 3.81. The van der Waals surface area contributed by atoms with Crippen LogP contribution >= 0.6 is 11.3 Å². The average Bonchev–Trinajstić information content (AvgIpc) is 2.88. The number of anilines is 1. The van der Waals surface area contributed by atoms with Gasteiger partial charge in [0, 0.05) is 22.2 Å². The number of phenolic OH excluding ortho intramolecular Hbond substituents is 1. The lowest BCUT2D eigenvalue weighted by Crippen LogP contribution is -2.14. The molecule has 0 bridgehead atoms. The van der Waals surface area contributed by atoms with Gasteiger partial charge in [0.05, 0.1) is 17.1 Å². The van der Waals surface area contributed by atoms with Gasteiger partial charge >= 0.3 is 0 Å². The van der Waals surface area contributed by atoms with Crippen molar-refractivity contribution in [3.05, 3.63) is 64.0 Å². The Morgan fingerprint density at radius 1 is 1.17 bits per heavy atom. The molecule has 0 unspecified atom stereocenters. The van der Waals surface area contributed by atoms with E-state index in [0.717, 1.165) is 21.1 Å². The first-order valence-corrected chi connectivity index (χ1v) is 8.45. The Morgan fingerprint density at radius 3 is 2.62 bits per heavy atom. The Balaban J connectivity index is 1.80. The van der Waals surface area contributed by atoms with E-state index in [1.54, 1.807) is 18.2 Å². The molecular formula is C19H18N2O2S. The maximum atomic E-state index is 12.3. The van der Waals surface area contributed by atoms with Gasteiger partial charge in [0.1, 0.15) is 5.75 Å². The van der Waals surface area contributed by atoms with Crippen molar-refractivity contribution in [2.24, 2.45) is 0 Å². The largest absolute Gasteiger partial charge is 0.508 e. The second-order valence-electron chi connectivity index (χ2n) is 5.65. The minimum Gasteiger partial charge on any atom is -0.508 e. The first-order chi connectivity index (χ1) is 11.5. The molecule has 3 rings (SSSR count). The van der Waals surface area contributed by atoms with Gasteiger partial charge in [0.25, 0.3) is 0 Å². The fourth-order valence-electron chi connectivity index (χ4n) is 2.46. The Morgan fingerprint density at radius 2 is 1.92 bits per heavy atom. The van der Waals surface area contributed by atoms with E-state index in [4.69, 9.17) is 0 Å². The van der Waals surface area contributed by atoms with Crippen LogP contribution < -0.4 is 5.32 Å². The number of amides is 1. The number of hydrogen-bond donors (Lipinski definition) is 2. The number of hydrogen-bond acceptors (Lipinski definition) is 4. The molecule has 0 radical (unpaired) electrons. The molecule has 122 valence electrons. The summed E-state index contributed by atoms with van der Waals surface area (Å²) >= 11 is 1.53. The molecule has 2 N–H and O–H groups in total. The van der Waals surface area contributed by atoms with Gasteiger partial charge in [0.15, 0.2) is 0 Å². The first-order valence-electron chi connectivity index (χ1n) is 7.63. The van der Waals surface area contributed by atoms with Crippen LogP contribution in [-0.4, -0.2) is 16.0 Å². The van der Waals surface area contributed by atoms with Crippen molar-refractivity contribution < 1.29 is 9.90 Å². The second-order valence-corrected chi connectivity index (χ2v) is 6.93. The molecule has 4 nitrogen and oxygen atoms in total. The van der Waals surface area contributed by atoms with Crippen LogP contribution in [0.15, 0.2) is 48.5 Å². The zero-order valence-electron chi connectivity index (χ0n) is 13.5. The van der Waals surface area contributed by atoms with Crippen molar-refractivity contribution in [2.75, 3.05) is 5.32 Å². The molecule has 0 atom stereocenters. The van der Waals surface area contributed by atoms with Crippen LogP contribution in [0.2, 0.25) is 0 Å². The van der Waals surface area contributed by atoms with Crippen LogP contribution in [0, 0.1) is 13.8 Å². The molecule has 0 aliphatic carbocycles. The van der Waals surface area contributed by atoms with Crippen molar-refractivity contribution in [1.82, 2.24) is 4.98 Å². The number of benzene rings is 2. The molecule has 2 aromatic carbocycles. The van der Waals surface area contributed by atoms with Gasteiger partial charge in [-0.05, 0) is 26.0 Å². The Labute approximate surface area is 144 Å². The summed E-state index contributed by atoms with van der Waals surface area (Å²) in [7, 11) is 0. The Kier molecular flexibility index (Phi) is 4.62. The van der Waals surface area contributed by atoms with Gasteiger partial charge in [-0.3, -0.25) is 4.79 Å². The fourth-order valence-corrected chi connectivity index (χ4v) is 3.42. The molecule has 0 spiro atoms. The minimum absolute atomic E-state index is 0.127. The van der Waals surface area contributed by atoms with Crippen LogP contribution in [-0.2, 0) is 11.2 Å². The highest BCUT2D eigenvalue weighted by Crippen LogP contribution is 2.29. The standard InChI is InChI=1S/C19H18N2O2S/c1-12-6-8-14(9-7-12)19-17(24-13(2)20-19)11-18(23)21-15-4-3-5-16(22)10-15/h3-10,22H,11H2,1-2H3,(H,21,23). The van der Waals surface area contributed by atoms with E-state index in [9.17, 15) is 9.90 Å². The highest BCUT2D eigenvalue weighted by molar-refractivity contribution is 7.12. The van der Waals surface area contributed by atoms with E-state index in [1.165, 1.54) is 23.0 Å². The number of carbonyl (C=O) groups is 1. The van der Waals surface area contributed by atoms with E-state index in [-0.39, 0.29) is 18.1 Å².